The topological polar surface area (TPSA) is 40.5 Å². The Hall–Kier alpha value is -1.06. The first-order valence-corrected chi connectivity index (χ1v) is 7.05. The number of amides is 1. The van der Waals surface area contributed by atoms with Gasteiger partial charge in [0.25, 0.3) is 0 Å². The van der Waals surface area contributed by atoms with Crippen LogP contribution in [-0.2, 0) is 4.79 Å². The lowest BCUT2D eigenvalue weighted by Gasteiger charge is -2.18. The molecule has 0 bridgehead atoms. The van der Waals surface area contributed by atoms with Crippen molar-refractivity contribution in [2.24, 2.45) is 5.92 Å². The van der Waals surface area contributed by atoms with Crippen LogP contribution in [0.1, 0.15) is 31.2 Å². The molecular weight excluding hydrogens is 262 g/mol. The molecule has 0 spiro atoms. The first kappa shape index (κ1) is 14.4. The molecule has 0 aliphatic heterocycles. The number of nitrogens with zero attached hydrogens (tertiary/aromatic N) is 1. The average molecular weight is 282 g/mol. The van der Waals surface area contributed by atoms with Crippen LogP contribution in [0.5, 0.6) is 0 Å². The van der Waals surface area contributed by atoms with Crippen molar-refractivity contribution in [2.45, 2.75) is 31.8 Å². The van der Waals surface area contributed by atoms with Crippen LogP contribution in [0.4, 0.5) is 0 Å². The van der Waals surface area contributed by atoms with E-state index >= 15 is 0 Å². The van der Waals surface area contributed by atoms with E-state index in [0.717, 1.165) is 17.0 Å². The maximum Gasteiger partial charge on any atom is 0.226 e. The molecule has 19 heavy (non-hydrogen) atoms. The summed E-state index contributed by atoms with van der Waals surface area (Å²) in [5.74, 6) is 0.559. The highest BCUT2D eigenvalue weighted by atomic mass is 35.5. The van der Waals surface area contributed by atoms with Crippen molar-refractivity contribution in [2.75, 3.05) is 13.6 Å². The Balaban J connectivity index is 1.90. The lowest BCUT2D eigenvalue weighted by molar-refractivity contribution is -0.131. The van der Waals surface area contributed by atoms with Crippen molar-refractivity contribution in [3.8, 4) is 0 Å². The maximum atomic E-state index is 12.2. The molecule has 1 aromatic carbocycles. The highest BCUT2D eigenvalue weighted by Crippen LogP contribution is 2.48. The van der Waals surface area contributed by atoms with Crippen LogP contribution in [0.15, 0.2) is 24.3 Å². The monoisotopic (exact) mass is 281 g/mol. The molecule has 1 aliphatic carbocycles. The van der Waals surface area contributed by atoms with Crippen LogP contribution < -0.4 is 0 Å². The molecule has 1 fully saturated rings. The maximum absolute atomic E-state index is 12.2. The molecule has 1 saturated carbocycles. The van der Waals surface area contributed by atoms with Crippen LogP contribution in [0.2, 0.25) is 5.02 Å². The van der Waals surface area contributed by atoms with Crippen molar-refractivity contribution in [3.05, 3.63) is 34.9 Å². The molecule has 3 nitrogen and oxygen atoms in total. The number of carbonyl (C=O) groups excluding carboxylic acids is 1. The highest BCUT2D eigenvalue weighted by molar-refractivity contribution is 6.30. The van der Waals surface area contributed by atoms with E-state index in [0.29, 0.717) is 18.9 Å². The van der Waals surface area contributed by atoms with E-state index in [1.54, 1.807) is 18.9 Å². The molecule has 0 radical (unpaired) electrons. The summed E-state index contributed by atoms with van der Waals surface area (Å²) in [5.41, 5.74) is 1.15. The number of aliphatic hydroxyl groups is 1. The zero-order chi connectivity index (χ0) is 14.0. The minimum Gasteiger partial charge on any atom is -0.393 e. The van der Waals surface area contributed by atoms with Gasteiger partial charge in [-0.3, -0.25) is 4.79 Å². The number of hydrogen-bond acceptors (Lipinski definition) is 2. The standard InChI is InChI=1S/C15H20ClNO2/c1-10(18)6-7-17(2)15(19)14-9-13(14)11-4-3-5-12(16)8-11/h3-5,8,10,13-14,18H,6-7,9H2,1-2H3. The molecule has 1 aliphatic rings. The van der Waals surface area contributed by atoms with Gasteiger partial charge in [0, 0.05) is 24.5 Å². The Kier molecular flexibility index (Phi) is 4.48. The van der Waals surface area contributed by atoms with Gasteiger partial charge in [-0.15, -0.1) is 0 Å². The van der Waals surface area contributed by atoms with Gasteiger partial charge in [-0.05, 0) is 43.4 Å². The number of benzene rings is 1. The fourth-order valence-electron chi connectivity index (χ4n) is 2.35. The molecule has 0 heterocycles. The van der Waals surface area contributed by atoms with Crippen LogP contribution in [0.25, 0.3) is 0 Å². The molecule has 3 unspecified atom stereocenters. The van der Waals surface area contributed by atoms with E-state index in [9.17, 15) is 9.90 Å². The van der Waals surface area contributed by atoms with Gasteiger partial charge in [0.2, 0.25) is 5.91 Å². The molecule has 0 aromatic heterocycles. The fraction of sp³-hybridized carbons (Fsp3) is 0.533. The number of carbonyl (C=O) groups is 1. The third-order valence-electron chi connectivity index (χ3n) is 3.64. The van der Waals surface area contributed by atoms with E-state index in [1.165, 1.54) is 0 Å². The second-order valence-electron chi connectivity index (χ2n) is 5.40. The zero-order valence-electron chi connectivity index (χ0n) is 11.3. The van der Waals surface area contributed by atoms with E-state index in [4.69, 9.17) is 11.6 Å². The summed E-state index contributed by atoms with van der Waals surface area (Å²) in [6, 6.07) is 7.74. The van der Waals surface area contributed by atoms with Gasteiger partial charge in [-0.25, -0.2) is 0 Å². The van der Waals surface area contributed by atoms with Crippen molar-refractivity contribution < 1.29 is 9.90 Å². The van der Waals surface area contributed by atoms with Gasteiger partial charge in [0.1, 0.15) is 0 Å². The third-order valence-corrected chi connectivity index (χ3v) is 3.88. The predicted octanol–water partition coefficient (Wildman–Crippen LogP) is 2.67. The Morgan fingerprint density at radius 3 is 2.95 bits per heavy atom. The summed E-state index contributed by atoms with van der Waals surface area (Å²) in [6.45, 7) is 2.35. The lowest BCUT2D eigenvalue weighted by atomic mass is 10.1. The Labute approximate surface area is 119 Å². The van der Waals surface area contributed by atoms with Crippen molar-refractivity contribution >= 4 is 17.5 Å². The van der Waals surface area contributed by atoms with Gasteiger partial charge < -0.3 is 10.0 Å². The molecule has 1 amide bonds. The molecule has 1 N–H and O–H groups in total. The Morgan fingerprint density at radius 2 is 2.32 bits per heavy atom. The number of halogens is 1. The summed E-state index contributed by atoms with van der Waals surface area (Å²) in [4.78, 5) is 13.9. The van der Waals surface area contributed by atoms with Gasteiger partial charge in [-0.1, -0.05) is 23.7 Å². The molecule has 104 valence electrons. The van der Waals surface area contributed by atoms with Crippen molar-refractivity contribution in [1.82, 2.24) is 4.90 Å². The Morgan fingerprint density at radius 1 is 1.58 bits per heavy atom. The number of rotatable bonds is 5. The fourth-order valence-corrected chi connectivity index (χ4v) is 2.55. The molecular formula is C15H20ClNO2. The van der Waals surface area contributed by atoms with E-state index < -0.39 is 0 Å². The summed E-state index contributed by atoms with van der Waals surface area (Å²) >= 11 is 5.97. The number of hydrogen-bond donors (Lipinski definition) is 1. The van der Waals surface area contributed by atoms with E-state index in [1.807, 2.05) is 24.3 Å². The summed E-state index contributed by atoms with van der Waals surface area (Å²) in [5, 5.41) is 9.97. The number of aliphatic hydroxyl groups excluding tert-OH is 1. The highest BCUT2D eigenvalue weighted by Gasteiger charge is 2.45. The van der Waals surface area contributed by atoms with Crippen LogP contribution in [0, 0.1) is 5.92 Å². The van der Waals surface area contributed by atoms with Crippen LogP contribution >= 0.6 is 11.6 Å². The summed E-state index contributed by atoms with van der Waals surface area (Å²) in [6.07, 6.45) is 1.16. The molecule has 3 atom stereocenters. The molecule has 2 rings (SSSR count). The Bertz CT molecular complexity index is 461. The van der Waals surface area contributed by atoms with Gasteiger partial charge in [-0.2, -0.15) is 0 Å². The van der Waals surface area contributed by atoms with Crippen molar-refractivity contribution in [1.29, 1.82) is 0 Å². The van der Waals surface area contributed by atoms with Gasteiger partial charge in [0.05, 0.1) is 6.10 Å². The van der Waals surface area contributed by atoms with Crippen LogP contribution in [-0.4, -0.2) is 35.6 Å². The zero-order valence-corrected chi connectivity index (χ0v) is 12.1. The molecule has 4 heteroatoms. The normalized spacial score (nSPS) is 22.9. The van der Waals surface area contributed by atoms with Crippen LogP contribution in [0.3, 0.4) is 0 Å². The van der Waals surface area contributed by atoms with Gasteiger partial charge >= 0.3 is 0 Å². The molecule has 1 aromatic rings. The minimum atomic E-state index is -0.363. The summed E-state index contributed by atoms with van der Waals surface area (Å²) < 4.78 is 0. The minimum absolute atomic E-state index is 0.0810. The second kappa shape index (κ2) is 5.93. The quantitative estimate of drug-likeness (QED) is 0.901. The SMILES string of the molecule is CC(O)CCN(C)C(=O)C1CC1c1cccc(Cl)c1. The van der Waals surface area contributed by atoms with E-state index in [2.05, 4.69) is 0 Å². The first-order chi connectivity index (χ1) is 8.99. The summed E-state index contributed by atoms with van der Waals surface area (Å²) in [7, 11) is 1.80. The van der Waals surface area contributed by atoms with Gasteiger partial charge in [0.15, 0.2) is 0 Å². The largest absolute Gasteiger partial charge is 0.393 e. The third kappa shape index (κ3) is 3.71. The molecule has 0 saturated heterocycles. The van der Waals surface area contributed by atoms with Crippen molar-refractivity contribution in [3.63, 3.8) is 0 Å². The lowest BCUT2D eigenvalue weighted by Crippen LogP contribution is -2.31. The predicted molar refractivity (Wildman–Crippen MR) is 76.2 cm³/mol. The first-order valence-electron chi connectivity index (χ1n) is 6.67. The second-order valence-corrected chi connectivity index (χ2v) is 5.84. The smallest absolute Gasteiger partial charge is 0.226 e. The van der Waals surface area contributed by atoms with E-state index in [-0.39, 0.29) is 17.9 Å². The average Bonchev–Trinajstić information content (AvgIpc) is 3.15.